The number of aromatic nitrogens is 3. The van der Waals surface area contributed by atoms with Crippen LogP contribution in [0.2, 0.25) is 0 Å². The fourth-order valence-corrected chi connectivity index (χ4v) is 3.62. The first kappa shape index (κ1) is 18.0. The van der Waals surface area contributed by atoms with Gasteiger partial charge in [-0.15, -0.1) is 11.3 Å². The third-order valence-electron chi connectivity index (χ3n) is 3.91. The van der Waals surface area contributed by atoms with Gasteiger partial charge in [-0.3, -0.25) is 4.79 Å². The van der Waals surface area contributed by atoms with E-state index in [1.165, 1.54) is 10.8 Å². The number of thiazole rings is 1. The Hall–Kier alpha value is -2.81. The van der Waals surface area contributed by atoms with Crippen molar-refractivity contribution < 1.29 is 14.5 Å². The van der Waals surface area contributed by atoms with E-state index in [0.29, 0.717) is 18.7 Å². The number of aryl methyl sites for hydroxylation is 2. The van der Waals surface area contributed by atoms with Gasteiger partial charge in [0, 0.05) is 13.3 Å². The predicted molar refractivity (Wildman–Crippen MR) is 97.1 cm³/mol. The number of rotatable bonds is 8. The monoisotopic (exact) mass is 374 g/mol. The van der Waals surface area contributed by atoms with Crippen LogP contribution in [0, 0.1) is 17.0 Å². The molecule has 136 valence electrons. The van der Waals surface area contributed by atoms with Gasteiger partial charge in [-0.2, -0.15) is 0 Å². The largest absolute Gasteiger partial charge is 0.461 e. The Morgan fingerprint density at radius 3 is 2.96 bits per heavy atom. The first-order chi connectivity index (χ1) is 12.5. The van der Waals surface area contributed by atoms with Crippen molar-refractivity contribution in [1.82, 2.24) is 14.5 Å². The molecule has 0 N–H and O–H groups in total. The maximum Gasteiger partial charge on any atom is 0.342 e. The van der Waals surface area contributed by atoms with Crippen LogP contribution in [-0.2, 0) is 22.5 Å². The number of benzene rings is 1. The maximum atomic E-state index is 11.8. The molecule has 0 unspecified atom stereocenters. The summed E-state index contributed by atoms with van der Waals surface area (Å²) in [4.78, 5) is 30.7. The topological polar surface area (TPSA) is 100 Å². The summed E-state index contributed by atoms with van der Waals surface area (Å²) in [5, 5.41) is 11.9. The number of nitrogens with zero attached hydrogens (tertiary/aromatic N) is 4. The van der Waals surface area contributed by atoms with E-state index in [4.69, 9.17) is 4.74 Å². The number of fused-ring (bicyclic) bond motifs is 1. The Labute approximate surface area is 153 Å². The van der Waals surface area contributed by atoms with Crippen LogP contribution in [0.5, 0.6) is 0 Å². The van der Waals surface area contributed by atoms with Crippen LogP contribution in [0.4, 0.5) is 5.82 Å². The van der Waals surface area contributed by atoms with E-state index < -0.39 is 4.92 Å². The summed E-state index contributed by atoms with van der Waals surface area (Å²) in [6.45, 7) is 1.97. The Balaban J connectivity index is 1.42. The molecule has 26 heavy (non-hydrogen) atoms. The molecule has 0 aliphatic rings. The minimum absolute atomic E-state index is 0.0814. The molecular formula is C17H18N4O4S. The second-order valence-electron chi connectivity index (χ2n) is 5.72. The van der Waals surface area contributed by atoms with Crippen molar-refractivity contribution in [3.05, 3.63) is 51.4 Å². The molecule has 0 saturated heterocycles. The quantitative estimate of drug-likeness (QED) is 0.341. The molecule has 0 amide bonds. The zero-order valence-corrected chi connectivity index (χ0v) is 15.1. The first-order valence-electron chi connectivity index (χ1n) is 8.21. The minimum Gasteiger partial charge on any atom is -0.461 e. The third kappa shape index (κ3) is 4.23. The molecule has 0 saturated carbocycles. The van der Waals surface area contributed by atoms with Gasteiger partial charge in [-0.05, 0) is 29.9 Å². The summed E-state index contributed by atoms with van der Waals surface area (Å²) >= 11 is 1.63. The van der Waals surface area contributed by atoms with E-state index in [-0.39, 0.29) is 24.9 Å². The molecule has 0 spiro atoms. The van der Waals surface area contributed by atoms with Crippen LogP contribution in [0.1, 0.15) is 23.7 Å². The van der Waals surface area contributed by atoms with Gasteiger partial charge in [-0.25, -0.2) is 14.5 Å². The Bertz CT molecular complexity index is 901. The van der Waals surface area contributed by atoms with Gasteiger partial charge < -0.3 is 14.9 Å². The SMILES string of the molecule is Cc1ncc([N+](=O)[O-])n1CCOC(=O)CCCc1nc2ccccc2s1. The molecule has 0 aliphatic heterocycles. The van der Waals surface area contributed by atoms with Crippen LogP contribution in [0.15, 0.2) is 30.5 Å². The molecule has 8 nitrogen and oxygen atoms in total. The van der Waals surface area contributed by atoms with E-state index in [1.807, 2.05) is 24.3 Å². The fourth-order valence-electron chi connectivity index (χ4n) is 2.61. The Morgan fingerprint density at radius 1 is 1.38 bits per heavy atom. The molecule has 2 heterocycles. The van der Waals surface area contributed by atoms with Crippen LogP contribution in [0.3, 0.4) is 0 Å². The van der Waals surface area contributed by atoms with Crippen LogP contribution >= 0.6 is 11.3 Å². The molecule has 0 radical (unpaired) electrons. The van der Waals surface area contributed by atoms with Crippen molar-refractivity contribution in [3.63, 3.8) is 0 Å². The molecule has 0 atom stereocenters. The number of carbonyl (C=O) groups is 1. The highest BCUT2D eigenvalue weighted by molar-refractivity contribution is 7.18. The lowest BCUT2D eigenvalue weighted by Gasteiger charge is -2.05. The summed E-state index contributed by atoms with van der Waals surface area (Å²) in [7, 11) is 0. The number of para-hydroxylation sites is 1. The predicted octanol–water partition coefficient (Wildman–Crippen LogP) is 3.28. The standard InChI is InChI=1S/C17H18N4O4S/c1-12-18-11-16(21(23)24)20(12)9-10-25-17(22)8-4-7-15-19-13-5-2-3-6-14(13)26-15/h2-3,5-6,11H,4,7-10H2,1H3. The van der Waals surface area contributed by atoms with Crippen LogP contribution < -0.4 is 0 Å². The molecule has 0 bridgehead atoms. The fraction of sp³-hybridized carbons (Fsp3) is 0.353. The van der Waals surface area contributed by atoms with E-state index in [0.717, 1.165) is 21.6 Å². The van der Waals surface area contributed by atoms with Crippen molar-refractivity contribution in [3.8, 4) is 0 Å². The number of hydrogen-bond donors (Lipinski definition) is 0. The maximum absolute atomic E-state index is 11.8. The van der Waals surface area contributed by atoms with Gasteiger partial charge in [0.05, 0.1) is 15.2 Å². The smallest absolute Gasteiger partial charge is 0.342 e. The van der Waals surface area contributed by atoms with Crippen LogP contribution in [0.25, 0.3) is 10.2 Å². The van der Waals surface area contributed by atoms with Gasteiger partial charge in [0.1, 0.15) is 19.3 Å². The Kier molecular flexibility index (Phi) is 5.57. The van der Waals surface area contributed by atoms with Crippen molar-refractivity contribution in [2.45, 2.75) is 32.7 Å². The summed E-state index contributed by atoms with van der Waals surface area (Å²) in [5.74, 6) is 0.101. The molecule has 1 aromatic carbocycles. The summed E-state index contributed by atoms with van der Waals surface area (Å²) in [6, 6.07) is 7.94. The summed E-state index contributed by atoms with van der Waals surface area (Å²) in [5.41, 5.74) is 0.979. The molecule has 0 fully saturated rings. The molecule has 9 heteroatoms. The number of carbonyl (C=O) groups excluding carboxylic acids is 1. The van der Waals surface area contributed by atoms with Gasteiger partial charge in [0.15, 0.2) is 5.82 Å². The highest BCUT2D eigenvalue weighted by Crippen LogP contribution is 2.22. The summed E-state index contributed by atoms with van der Waals surface area (Å²) < 4.78 is 7.74. The number of esters is 1. The highest BCUT2D eigenvalue weighted by atomic mass is 32.1. The van der Waals surface area contributed by atoms with Gasteiger partial charge in [0.25, 0.3) is 0 Å². The minimum atomic E-state index is -0.500. The number of hydrogen-bond acceptors (Lipinski definition) is 7. The molecule has 3 aromatic rings. The van der Waals surface area contributed by atoms with Gasteiger partial charge in [-0.1, -0.05) is 12.1 Å². The van der Waals surface area contributed by atoms with Crippen molar-refractivity contribution in [2.75, 3.05) is 6.61 Å². The number of nitro groups is 1. The molecule has 2 aromatic heterocycles. The lowest BCUT2D eigenvalue weighted by molar-refractivity contribution is -0.392. The second kappa shape index (κ2) is 8.05. The van der Waals surface area contributed by atoms with Crippen molar-refractivity contribution in [1.29, 1.82) is 0 Å². The zero-order valence-electron chi connectivity index (χ0n) is 14.3. The van der Waals surface area contributed by atoms with Crippen molar-refractivity contribution in [2.24, 2.45) is 0 Å². The van der Waals surface area contributed by atoms with E-state index in [1.54, 1.807) is 18.3 Å². The second-order valence-corrected chi connectivity index (χ2v) is 6.84. The van der Waals surface area contributed by atoms with Crippen molar-refractivity contribution >= 4 is 33.3 Å². The average Bonchev–Trinajstić information content (AvgIpc) is 3.18. The lowest BCUT2D eigenvalue weighted by Crippen LogP contribution is -2.13. The third-order valence-corrected chi connectivity index (χ3v) is 5.00. The molecule has 0 aliphatic carbocycles. The number of ether oxygens (including phenoxy) is 1. The zero-order chi connectivity index (χ0) is 18.5. The van der Waals surface area contributed by atoms with E-state index >= 15 is 0 Å². The normalized spacial score (nSPS) is 11.0. The van der Waals surface area contributed by atoms with Gasteiger partial charge in [0.2, 0.25) is 0 Å². The van der Waals surface area contributed by atoms with Crippen LogP contribution in [-0.4, -0.2) is 32.0 Å². The average molecular weight is 374 g/mol. The number of imidazole rings is 1. The molecular weight excluding hydrogens is 356 g/mol. The summed E-state index contributed by atoms with van der Waals surface area (Å²) in [6.07, 6.45) is 2.87. The first-order valence-corrected chi connectivity index (χ1v) is 9.03. The van der Waals surface area contributed by atoms with E-state index in [9.17, 15) is 14.9 Å². The molecule has 3 rings (SSSR count). The lowest BCUT2D eigenvalue weighted by atomic mass is 10.2. The highest BCUT2D eigenvalue weighted by Gasteiger charge is 2.17. The Morgan fingerprint density at radius 2 is 2.19 bits per heavy atom. The van der Waals surface area contributed by atoms with Gasteiger partial charge >= 0.3 is 11.8 Å². The van der Waals surface area contributed by atoms with E-state index in [2.05, 4.69) is 9.97 Å².